The summed E-state index contributed by atoms with van der Waals surface area (Å²) in [4.78, 5) is 21.9. The predicted octanol–water partition coefficient (Wildman–Crippen LogP) is 6.01. The van der Waals surface area contributed by atoms with Gasteiger partial charge in [-0.2, -0.15) is 0 Å². The number of benzene rings is 2. The Hall–Kier alpha value is -3.67. The number of carbonyl (C=O) groups excluding carboxylic acids is 1. The van der Waals surface area contributed by atoms with Crippen LogP contribution in [0.4, 0.5) is 11.5 Å². The number of hydrogen-bond donors (Lipinski definition) is 1. The highest BCUT2D eigenvalue weighted by atomic mass is 16.6. The molecule has 0 unspecified atom stereocenters. The molecule has 0 bridgehead atoms. The molecule has 33 heavy (non-hydrogen) atoms. The van der Waals surface area contributed by atoms with Crippen molar-refractivity contribution >= 4 is 28.4 Å². The van der Waals surface area contributed by atoms with Crippen LogP contribution in [0.3, 0.4) is 0 Å². The van der Waals surface area contributed by atoms with E-state index in [-0.39, 0.29) is 12.4 Å². The Kier molecular flexibility index (Phi) is 5.36. The van der Waals surface area contributed by atoms with Crippen LogP contribution in [0, 0.1) is 0 Å². The number of hydrogen-bond acceptors (Lipinski definition) is 6. The first kappa shape index (κ1) is 21.2. The number of ether oxygens (including phenoxy) is 1. The van der Waals surface area contributed by atoms with Crippen LogP contribution in [0.15, 0.2) is 59.2 Å². The van der Waals surface area contributed by atoms with E-state index in [4.69, 9.17) is 19.1 Å². The Labute approximate surface area is 193 Å². The van der Waals surface area contributed by atoms with Gasteiger partial charge in [0.15, 0.2) is 5.82 Å². The first-order valence-electron chi connectivity index (χ1n) is 11.3. The van der Waals surface area contributed by atoms with Crippen LogP contribution >= 0.6 is 0 Å². The Balaban J connectivity index is 1.38. The summed E-state index contributed by atoms with van der Waals surface area (Å²) in [5.41, 5.74) is 5.46. The number of esters is 1. The summed E-state index contributed by atoms with van der Waals surface area (Å²) in [5.74, 6) is 1.33. The van der Waals surface area contributed by atoms with Crippen molar-refractivity contribution < 1.29 is 13.9 Å². The maximum atomic E-state index is 12.1. The summed E-state index contributed by atoms with van der Waals surface area (Å²) in [6, 6.07) is 15.8. The maximum absolute atomic E-state index is 12.1. The van der Waals surface area contributed by atoms with E-state index in [0.717, 1.165) is 58.6 Å². The standard InChI is InChI=1S/C27H27N3O3/c1-27(2,3)33-24(31)15-17-7-10-20(11-8-17)28-26-21-5-4-6-22(21)29-25(30-26)19-9-12-23-18(16-19)13-14-32-23/h7-14,16H,4-6,15H2,1-3H3,(H,28,29,30). The quantitative estimate of drug-likeness (QED) is 0.382. The van der Waals surface area contributed by atoms with Crippen LogP contribution in [0.1, 0.15) is 44.0 Å². The molecule has 0 atom stereocenters. The second-order valence-electron chi connectivity index (χ2n) is 9.43. The largest absolute Gasteiger partial charge is 0.464 e. The van der Waals surface area contributed by atoms with E-state index in [2.05, 4.69) is 11.4 Å². The van der Waals surface area contributed by atoms with E-state index in [0.29, 0.717) is 5.82 Å². The molecule has 6 nitrogen and oxygen atoms in total. The minimum absolute atomic E-state index is 0.226. The van der Waals surface area contributed by atoms with Gasteiger partial charge in [0.25, 0.3) is 0 Å². The number of carbonyl (C=O) groups is 1. The number of furan rings is 1. The van der Waals surface area contributed by atoms with Gasteiger partial charge in [-0.25, -0.2) is 9.97 Å². The molecule has 0 saturated heterocycles. The van der Waals surface area contributed by atoms with E-state index < -0.39 is 5.60 Å². The van der Waals surface area contributed by atoms with Gasteiger partial charge in [0.2, 0.25) is 0 Å². The first-order valence-corrected chi connectivity index (χ1v) is 11.3. The second-order valence-corrected chi connectivity index (χ2v) is 9.43. The van der Waals surface area contributed by atoms with E-state index in [1.54, 1.807) is 6.26 Å². The van der Waals surface area contributed by atoms with Gasteiger partial charge in [-0.3, -0.25) is 4.79 Å². The van der Waals surface area contributed by atoms with Crippen LogP contribution in [-0.4, -0.2) is 21.5 Å². The number of fused-ring (bicyclic) bond motifs is 2. The topological polar surface area (TPSA) is 77.2 Å². The summed E-state index contributed by atoms with van der Waals surface area (Å²) >= 11 is 0. The highest BCUT2D eigenvalue weighted by Crippen LogP contribution is 2.32. The average molecular weight is 442 g/mol. The molecule has 4 aromatic rings. The predicted molar refractivity (Wildman–Crippen MR) is 129 cm³/mol. The normalized spacial score (nSPS) is 13.2. The smallest absolute Gasteiger partial charge is 0.310 e. The van der Waals surface area contributed by atoms with E-state index >= 15 is 0 Å². The van der Waals surface area contributed by atoms with Crippen molar-refractivity contribution in [3.63, 3.8) is 0 Å². The zero-order valence-electron chi connectivity index (χ0n) is 19.1. The molecule has 6 heteroatoms. The maximum Gasteiger partial charge on any atom is 0.310 e. The molecule has 0 saturated carbocycles. The van der Waals surface area contributed by atoms with E-state index in [1.165, 1.54) is 5.56 Å². The van der Waals surface area contributed by atoms with Gasteiger partial charge >= 0.3 is 5.97 Å². The Morgan fingerprint density at radius 2 is 1.88 bits per heavy atom. The Morgan fingerprint density at radius 1 is 1.06 bits per heavy atom. The number of anilines is 2. The van der Waals surface area contributed by atoms with Gasteiger partial charge in [-0.1, -0.05) is 12.1 Å². The van der Waals surface area contributed by atoms with Crippen LogP contribution in [0.5, 0.6) is 0 Å². The third kappa shape index (κ3) is 4.75. The number of nitrogens with one attached hydrogen (secondary N) is 1. The Morgan fingerprint density at radius 3 is 2.67 bits per heavy atom. The fourth-order valence-electron chi connectivity index (χ4n) is 4.16. The average Bonchev–Trinajstić information content (AvgIpc) is 3.42. The second kappa shape index (κ2) is 8.35. The molecule has 2 heterocycles. The summed E-state index contributed by atoms with van der Waals surface area (Å²) in [5, 5.41) is 4.51. The van der Waals surface area contributed by atoms with Crippen molar-refractivity contribution in [1.29, 1.82) is 0 Å². The van der Waals surface area contributed by atoms with Gasteiger partial charge in [-0.05, 0) is 82.0 Å². The molecule has 0 radical (unpaired) electrons. The van der Waals surface area contributed by atoms with Crippen LogP contribution in [-0.2, 0) is 28.8 Å². The lowest BCUT2D eigenvalue weighted by Crippen LogP contribution is -2.24. The SMILES string of the molecule is CC(C)(C)OC(=O)Cc1ccc(Nc2nc(-c3ccc4occc4c3)nc3c2CCC3)cc1. The molecule has 1 N–H and O–H groups in total. The molecular formula is C27H27N3O3. The summed E-state index contributed by atoms with van der Waals surface area (Å²) in [7, 11) is 0. The Bertz CT molecular complexity index is 1320. The summed E-state index contributed by atoms with van der Waals surface area (Å²) in [6.07, 6.45) is 4.95. The minimum atomic E-state index is -0.480. The summed E-state index contributed by atoms with van der Waals surface area (Å²) < 4.78 is 10.9. The molecule has 0 aliphatic heterocycles. The van der Waals surface area contributed by atoms with Crippen molar-refractivity contribution in [2.45, 2.75) is 52.1 Å². The lowest BCUT2D eigenvalue weighted by atomic mass is 10.1. The van der Waals surface area contributed by atoms with Crippen LogP contribution < -0.4 is 5.32 Å². The van der Waals surface area contributed by atoms with Crippen molar-refractivity contribution in [2.24, 2.45) is 0 Å². The number of rotatable bonds is 5. The van der Waals surface area contributed by atoms with Crippen molar-refractivity contribution in [3.8, 4) is 11.4 Å². The lowest BCUT2D eigenvalue weighted by Gasteiger charge is -2.19. The van der Waals surface area contributed by atoms with E-state index in [9.17, 15) is 4.79 Å². The van der Waals surface area contributed by atoms with Crippen molar-refractivity contribution in [1.82, 2.24) is 9.97 Å². The molecular weight excluding hydrogens is 414 g/mol. The van der Waals surface area contributed by atoms with Gasteiger partial charge in [0.05, 0.1) is 12.7 Å². The molecule has 2 aromatic carbocycles. The van der Waals surface area contributed by atoms with E-state index in [1.807, 2.05) is 63.2 Å². The van der Waals surface area contributed by atoms with Gasteiger partial charge in [0.1, 0.15) is 17.0 Å². The van der Waals surface area contributed by atoms with Gasteiger partial charge < -0.3 is 14.5 Å². The monoisotopic (exact) mass is 441 g/mol. The summed E-state index contributed by atoms with van der Waals surface area (Å²) in [6.45, 7) is 5.62. The van der Waals surface area contributed by atoms with Gasteiger partial charge in [0, 0.05) is 27.9 Å². The fourth-order valence-corrected chi connectivity index (χ4v) is 4.16. The number of aromatic nitrogens is 2. The minimum Gasteiger partial charge on any atom is -0.464 e. The molecule has 5 rings (SSSR count). The lowest BCUT2D eigenvalue weighted by molar-refractivity contribution is -0.153. The zero-order valence-corrected chi connectivity index (χ0v) is 19.1. The zero-order chi connectivity index (χ0) is 23.0. The first-order chi connectivity index (χ1) is 15.8. The van der Waals surface area contributed by atoms with Crippen LogP contribution in [0.2, 0.25) is 0 Å². The van der Waals surface area contributed by atoms with Gasteiger partial charge in [-0.15, -0.1) is 0 Å². The molecule has 1 aliphatic rings. The van der Waals surface area contributed by atoms with Crippen molar-refractivity contribution in [3.05, 3.63) is 71.6 Å². The molecule has 168 valence electrons. The molecule has 1 aliphatic carbocycles. The molecule has 0 fully saturated rings. The molecule has 2 aromatic heterocycles. The van der Waals surface area contributed by atoms with Crippen LogP contribution in [0.25, 0.3) is 22.4 Å². The number of aryl methyl sites for hydroxylation is 1. The third-order valence-electron chi connectivity index (χ3n) is 5.63. The highest BCUT2D eigenvalue weighted by molar-refractivity contribution is 5.82. The number of nitrogens with zero attached hydrogens (tertiary/aromatic N) is 2. The van der Waals surface area contributed by atoms with Crippen molar-refractivity contribution in [2.75, 3.05) is 5.32 Å². The molecule has 0 amide bonds. The highest BCUT2D eigenvalue weighted by Gasteiger charge is 2.21. The molecule has 0 spiro atoms. The third-order valence-corrected chi connectivity index (χ3v) is 5.63. The fraction of sp³-hybridized carbons (Fsp3) is 0.296.